The van der Waals surface area contributed by atoms with Crippen molar-refractivity contribution in [1.82, 2.24) is 10.3 Å². The molecule has 0 spiro atoms. The molecule has 0 radical (unpaired) electrons. The lowest BCUT2D eigenvalue weighted by atomic mass is 10.00. The van der Waals surface area contributed by atoms with Gasteiger partial charge in [-0.1, -0.05) is 38.0 Å². The second-order valence-electron chi connectivity index (χ2n) is 4.44. The molecule has 0 aliphatic heterocycles. The van der Waals surface area contributed by atoms with Crippen LogP contribution in [0.1, 0.15) is 37.8 Å². The van der Waals surface area contributed by atoms with E-state index in [2.05, 4.69) is 41.5 Å². The van der Waals surface area contributed by atoms with Crippen molar-refractivity contribution >= 4 is 10.9 Å². The fourth-order valence-corrected chi connectivity index (χ4v) is 2.19. The minimum Gasteiger partial charge on any atom is -0.313 e. The maximum Gasteiger partial charge on any atom is 0.0705 e. The van der Waals surface area contributed by atoms with E-state index in [1.54, 1.807) is 0 Å². The molecule has 0 saturated heterocycles. The van der Waals surface area contributed by atoms with Gasteiger partial charge in [-0.25, -0.2) is 0 Å². The van der Waals surface area contributed by atoms with Crippen molar-refractivity contribution in [2.45, 2.75) is 32.2 Å². The van der Waals surface area contributed by atoms with Gasteiger partial charge in [0.2, 0.25) is 0 Å². The molecule has 1 aromatic heterocycles. The average Bonchev–Trinajstić information content (AvgIpc) is 2.39. The molecule has 1 heterocycles. The smallest absolute Gasteiger partial charge is 0.0705 e. The monoisotopic (exact) mass is 228 g/mol. The Morgan fingerprint density at radius 3 is 2.94 bits per heavy atom. The molecule has 17 heavy (non-hydrogen) atoms. The number of nitrogens with zero attached hydrogens (tertiary/aromatic N) is 1. The third-order valence-corrected chi connectivity index (χ3v) is 3.23. The van der Waals surface area contributed by atoms with Crippen LogP contribution in [0.2, 0.25) is 0 Å². The molecule has 1 unspecified atom stereocenters. The van der Waals surface area contributed by atoms with E-state index in [1.807, 2.05) is 19.3 Å². The molecule has 90 valence electrons. The summed E-state index contributed by atoms with van der Waals surface area (Å²) in [5.41, 5.74) is 2.42. The highest BCUT2D eigenvalue weighted by atomic mass is 14.9. The van der Waals surface area contributed by atoms with Crippen molar-refractivity contribution in [3.05, 3.63) is 42.1 Å². The molecule has 1 atom stereocenters. The first kappa shape index (κ1) is 12.1. The Kier molecular flexibility index (Phi) is 4.10. The van der Waals surface area contributed by atoms with Crippen molar-refractivity contribution in [2.75, 3.05) is 7.05 Å². The molecule has 1 aromatic carbocycles. The summed E-state index contributed by atoms with van der Waals surface area (Å²) in [6.07, 6.45) is 5.54. The van der Waals surface area contributed by atoms with Crippen LogP contribution in [-0.4, -0.2) is 12.0 Å². The van der Waals surface area contributed by atoms with Crippen LogP contribution in [0.4, 0.5) is 0 Å². The van der Waals surface area contributed by atoms with Crippen LogP contribution in [-0.2, 0) is 0 Å². The number of unbranched alkanes of at least 4 members (excludes halogenated alkanes) is 1. The topological polar surface area (TPSA) is 24.9 Å². The molecule has 2 rings (SSSR count). The van der Waals surface area contributed by atoms with Gasteiger partial charge < -0.3 is 5.32 Å². The summed E-state index contributed by atoms with van der Waals surface area (Å²) in [4.78, 5) is 4.41. The summed E-state index contributed by atoms with van der Waals surface area (Å²) in [7, 11) is 2.03. The van der Waals surface area contributed by atoms with Crippen LogP contribution in [0, 0.1) is 0 Å². The van der Waals surface area contributed by atoms with Gasteiger partial charge in [0.15, 0.2) is 0 Å². The van der Waals surface area contributed by atoms with E-state index in [1.165, 1.54) is 30.2 Å². The highest BCUT2D eigenvalue weighted by molar-refractivity contribution is 5.78. The second-order valence-corrected chi connectivity index (χ2v) is 4.44. The van der Waals surface area contributed by atoms with Crippen LogP contribution in [0.3, 0.4) is 0 Å². The molecule has 0 bridgehead atoms. The molecular weight excluding hydrogens is 208 g/mol. The van der Waals surface area contributed by atoms with Crippen molar-refractivity contribution in [1.29, 1.82) is 0 Å². The Labute approximate surface area is 103 Å². The van der Waals surface area contributed by atoms with Crippen LogP contribution in [0.5, 0.6) is 0 Å². The predicted octanol–water partition coefficient (Wildman–Crippen LogP) is 3.69. The summed E-state index contributed by atoms with van der Waals surface area (Å²) >= 11 is 0. The molecule has 1 N–H and O–H groups in total. The molecule has 0 amide bonds. The lowest BCUT2D eigenvalue weighted by Gasteiger charge is -2.16. The zero-order valence-electron chi connectivity index (χ0n) is 10.6. The molecule has 0 aliphatic carbocycles. The van der Waals surface area contributed by atoms with Gasteiger partial charge in [0.25, 0.3) is 0 Å². The van der Waals surface area contributed by atoms with Crippen molar-refractivity contribution in [3.8, 4) is 0 Å². The fourth-order valence-electron chi connectivity index (χ4n) is 2.19. The van der Waals surface area contributed by atoms with Gasteiger partial charge in [-0.15, -0.1) is 0 Å². The number of pyridine rings is 1. The zero-order valence-corrected chi connectivity index (χ0v) is 10.6. The summed E-state index contributed by atoms with van der Waals surface area (Å²) < 4.78 is 0. The summed E-state index contributed by atoms with van der Waals surface area (Å²) in [5, 5.41) is 4.60. The maximum atomic E-state index is 4.41. The number of hydrogen-bond donors (Lipinski definition) is 1. The van der Waals surface area contributed by atoms with Crippen LogP contribution >= 0.6 is 0 Å². The van der Waals surface area contributed by atoms with E-state index in [0.29, 0.717) is 6.04 Å². The van der Waals surface area contributed by atoms with E-state index < -0.39 is 0 Å². The maximum absolute atomic E-state index is 4.41. The summed E-state index contributed by atoms with van der Waals surface area (Å²) in [6, 6.07) is 11.1. The summed E-state index contributed by atoms with van der Waals surface area (Å²) in [6.45, 7) is 2.23. The van der Waals surface area contributed by atoms with Gasteiger partial charge in [-0.3, -0.25) is 4.98 Å². The number of aromatic nitrogens is 1. The van der Waals surface area contributed by atoms with Crippen molar-refractivity contribution < 1.29 is 0 Å². The lowest BCUT2D eigenvalue weighted by Crippen LogP contribution is -2.16. The quantitative estimate of drug-likeness (QED) is 0.844. The first-order chi connectivity index (χ1) is 8.35. The van der Waals surface area contributed by atoms with Crippen LogP contribution < -0.4 is 5.32 Å². The molecule has 0 fully saturated rings. The Balaban J connectivity index is 2.27. The normalized spacial score (nSPS) is 12.8. The van der Waals surface area contributed by atoms with Gasteiger partial charge in [-0.05, 0) is 31.2 Å². The minimum absolute atomic E-state index is 0.446. The van der Waals surface area contributed by atoms with Gasteiger partial charge in [-0.2, -0.15) is 0 Å². The van der Waals surface area contributed by atoms with E-state index >= 15 is 0 Å². The third kappa shape index (κ3) is 2.83. The predicted molar refractivity (Wildman–Crippen MR) is 73.1 cm³/mol. The molecule has 2 heteroatoms. The Hall–Kier alpha value is -1.41. The first-order valence-electron chi connectivity index (χ1n) is 6.37. The molecule has 2 nitrogen and oxygen atoms in total. The van der Waals surface area contributed by atoms with E-state index in [0.717, 1.165) is 5.52 Å². The van der Waals surface area contributed by atoms with E-state index in [4.69, 9.17) is 0 Å². The average molecular weight is 228 g/mol. The number of rotatable bonds is 5. The number of fused-ring (bicyclic) bond motifs is 1. The largest absolute Gasteiger partial charge is 0.313 e. The van der Waals surface area contributed by atoms with Gasteiger partial charge in [0.05, 0.1) is 5.52 Å². The van der Waals surface area contributed by atoms with Gasteiger partial charge >= 0.3 is 0 Å². The Morgan fingerprint density at radius 1 is 1.29 bits per heavy atom. The molecule has 0 aliphatic rings. The Morgan fingerprint density at radius 2 is 2.18 bits per heavy atom. The highest BCUT2D eigenvalue weighted by Crippen LogP contribution is 2.22. The van der Waals surface area contributed by atoms with Gasteiger partial charge in [0, 0.05) is 17.6 Å². The molecule has 0 saturated carbocycles. The fraction of sp³-hybridized carbons (Fsp3) is 0.400. The second kappa shape index (κ2) is 5.78. The Bertz CT molecular complexity index is 479. The molecular formula is C15H20N2. The highest BCUT2D eigenvalue weighted by Gasteiger charge is 2.08. The molecule has 2 aromatic rings. The SMILES string of the molecule is CCCCC(NC)c1ccc2cccnc2c1. The van der Waals surface area contributed by atoms with Crippen LogP contribution in [0.25, 0.3) is 10.9 Å². The number of hydrogen-bond acceptors (Lipinski definition) is 2. The number of benzene rings is 1. The standard InChI is InChI=1S/C15H20N2/c1-3-4-7-14(16-2)13-9-8-12-6-5-10-17-15(12)11-13/h5-6,8-11,14,16H,3-4,7H2,1-2H3. The van der Waals surface area contributed by atoms with E-state index in [-0.39, 0.29) is 0 Å². The number of nitrogens with one attached hydrogen (secondary N) is 1. The van der Waals surface area contributed by atoms with Crippen molar-refractivity contribution in [2.24, 2.45) is 0 Å². The van der Waals surface area contributed by atoms with E-state index in [9.17, 15) is 0 Å². The van der Waals surface area contributed by atoms with Crippen molar-refractivity contribution in [3.63, 3.8) is 0 Å². The van der Waals surface area contributed by atoms with Crippen LogP contribution in [0.15, 0.2) is 36.5 Å². The lowest BCUT2D eigenvalue weighted by molar-refractivity contribution is 0.523. The first-order valence-corrected chi connectivity index (χ1v) is 6.37. The zero-order chi connectivity index (χ0) is 12.1. The van der Waals surface area contributed by atoms with Gasteiger partial charge in [0.1, 0.15) is 0 Å². The third-order valence-electron chi connectivity index (χ3n) is 3.23. The summed E-state index contributed by atoms with van der Waals surface area (Å²) in [5.74, 6) is 0. The minimum atomic E-state index is 0.446.